The molecule has 0 radical (unpaired) electrons. The highest BCUT2D eigenvalue weighted by Gasteiger charge is 2.20. The third-order valence-electron chi connectivity index (χ3n) is 5.41. The molecule has 2 rings (SSSR count). The molecule has 0 aromatic rings. The van der Waals surface area contributed by atoms with Gasteiger partial charge in [-0.3, -0.25) is 19.4 Å². The van der Waals surface area contributed by atoms with Crippen LogP contribution >= 0.6 is 0 Å². The molecule has 162 valence electrons. The average Bonchev–Trinajstić information content (AvgIpc) is 2.66. The summed E-state index contributed by atoms with van der Waals surface area (Å²) in [6.07, 6.45) is 2.08. The minimum atomic E-state index is -0.126. The Bertz CT molecular complexity index is 435. The molecule has 0 aliphatic carbocycles. The van der Waals surface area contributed by atoms with E-state index in [1.807, 2.05) is 13.8 Å². The van der Waals surface area contributed by atoms with Crippen molar-refractivity contribution in [1.82, 2.24) is 19.6 Å². The van der Waals surface area contributed by atoms with E-state index in [0.717, 1.165) is 78.3 Å². The molecule has 2 saturated heterocycles. The first-order valence-corrected chi connectivity index (χ1v) is 10.8. The van der Waals surface area contributed by atoms with Crippen molar-refractivity contribution < 1.29 is 19.1 Å². The maximum atomic E-state index is 11.9. The first kappa shape index (κ1) is 23.1. The van der Waals surface area contributed by atoms with Gasteiger partial charge < -0.3 is 19.3 Å². The van der Waals surface area contributed by atoms with Crippen LogP contribution in [0.5, 0.6) is 0 Å². The highest BCUT2D eigenvalue weighted by Crippen LogP contribution is 2.06. The van der Waals surface area contributed by atoms with E-state index in [0.29, 0.717) is 26.3 Å². The van der Waals surface area contributed by atoms with Crippen LogP contribution in [0.4, 0.5) is 0 Å². The molecule has 2 atom stereocenters. The van der Waals surface area contributed by atoms with Gasteiger partial charge in [-0.05, 0) is 39.8 Å². The largest absolute Gasteiger partial charge is 0.465 e. The molecule has 0 amide bonds. The topological polar surface area (TPSA) is 65.6 Å². The van der Waals surface area contributed by atoms with Crippen LogP contribution in [0, 0.1) is 0 Å². The zero-order valence-corrected chi connectivity index (χ0v) is 17.7. The van der Waals surface area contributed by atoms with E-state index in [2.05, 4.69) is 19.6 Å². The third-order valence-corrected chi connectivity index (χ3v) is 5.41. The van der Waals surface area contributed by atoms with Crippen molar-refractivity contribution in [3.05, 3.63) is 0 Å². The van der Waals surface area contributed by atoms with Gasteiger partial charge in [0.1, 0.15) is 0 Å². The molecule has 28 heavy (non-hydrogen) atoms. The van der Waals surface area contributed by atoms with Crippen molar-refractivity contribution in [3.8, 4) is 0 Å². The quantitative estimate of drug-likeness (QED) is 0.585. The lowest BCUT2D eigenvalue weighted by atomic mass is 10.2. The van der Waals surface area contributed by atoms with E-state index < -0.39 is 0 Å². The van der Waals surface area contributed by atoms with Crippen molar-refractivity contribution in [2.24, 2.45) is 0 Å². The van der Waals surface area contributed by atoms with Crippen LogP contribution in [0.25, 0.3) is 0 Å². The minimum absolute atomic E-state index is 0.126. The third kappa shape index (κ3) is 8.86. The molecular formula is C20H38N4O4. The summed E-state index contributed by atoms with van der Waals surface area (Å²) < 4.78 is 10.3. The molecule has 0 aromatic heterocycles. The Kier molecular flexibility index (Phi) is 10.8. The van der Waals surface area contributed by atoms with Crippen molar-refractivity contribution in [2.75, 3.05) is 91.8 Å². The number of ether oxygens (including phenoxy) is 2. The van der Waals surface area contributed by atoms with Crippen molar-refractivity contribution in [3.63, 3.8) is 0 Å². The number of esters is 2. The van der Waals surface area contributed by atoms with Crippen molar-refractivity contribution in [1.29, 1.82) is 0 Å². The summed E-state index contributed by atoms with van der Waals surface area (Å²) in [6, 6.07) is 0. The number of carbonyl (C=O) groups excluding carboxylic acids is 2. The van der Waals surface area contributed by atoms with Gasteiger partial charge in [-0.25, -0.2) is 0 Å². The highest BCUT2D eigenvalue weighted by molar-refractivity contribution is 5.71. The van der Waals surface area contributed by atoms with Crippen LogP contribution in [0.3, 0.4) is 0 Å². The second kappa shape index (κ2) is 13.1. The first-order chi connectivity index (χ1) is 13.6. The summed E-state index contributed by atoms with van der Waals surface area (Å²) in [5.74, 6) is -0.252. The van der Waals surface area contributed by atoms with E-state index in [1.165, 1.54) is 0 Å². The summed E-state index contributed by atoms with van der Waals surface area (Å²) in [7, 11) is 0. The molecule has 8 heteroatoms. The maximum absolute atomic E-state index is 11.9. The van der Waals surface area contributed by atoms with E-state index in [1.54, 1.807) is 0 Å². The Labute approximate surface area is 169 Å². The molecule has 0 N–H and O–H groups in total. The number of carbonyl (C=O) groups is 2. The van der Waals surface area contributed by atoms with Crippen LogP contribution in [0.15, 0.2) is 0 Å². The molecule has 2 bridgehead atoms. The fourth-order valence-corrected chi connectivity index (χ4v) is 3.87. The molecule has 2 unspecified atom stereocenters. The van der Waals surface area contributed by atoms with E-state index >= 15 is 0 Å². The standard InChI is InChI=1S/C20H38N4O4/c1-3-27-19(25)17-23-9-5-7-22-12-11-21(13-15-23)8-6-10-24(16-14-22)18-20(26)28-4-2/h3-18H2,1-2H3. The molecule has 8 nitrogen and oxygen atoms in total. The van der Waals surface area contributed by atoms with Gasteiger partial charge in [0.25, 0.3) is 0 Å². The van der Waals surface area contributed by atoms with Crippen LogP contribution in [0.1, 0.15) is 26.7 Å². The second-order valence-corrected chi connectivity index (χ2v) is 7.55. The van der Waals surface area contributed by atoms with Crippen molar-refractivity contribution in [2.45, 2.75) is 26.7 Å². The highest BCUT2D eigenvalue weighted by atomic mass is 16.5. The molecule has 2 aliphatic heterocycles. The maximum Gasteiger partial charge on any atom is 0.320 e. The summed E-state index contributed by atoms with van der Waals surface area (Å²) in [5, 5.41) is 0. The van der Waals surface area contributed by atoms with Crippen LogP contribution in [-0.2, 0) is 19.1 Å². The second-order valence-electron chi connectivity index (χ2n) is 7.55. The summed E-state index contributed by atoms with van der Waals surface area (Å²) in [4.78, 5) is 33.2. The fraction of sp³-hybridized carbons (Fsp3) is 0.900. The monoisotopic (exact) mass is 398 g/mol. The fourth-order valence-electron chi connectivity index (χ4n) is 3.87. The number of fused-ring (bicyclic) bond motifs is 3. The van der Waals surface area contributed by atoms with Crippen LogP contribution in [0.2, 0.25) is 0 Å². The van der Waals surface area contributed by atoms with Gasteiger partial charge in [-0.15, -0.1) is 0 Å². The molecule has 0 saturated carbocycles. The Balaban J connectivity index is 1.92. The van der Waals surface area contributed by atoms with Gasteiger partial charge >= 0.3 is 11.9 Å². The first-order valence-electron chi connectivity index (χ1n) is 10.8. The summed E-state index contributed by atoms with van der Waals surface area (Å²) in [6.45, 7) is 15.0. The van der Waals surface area contributed by atoms with Gasteiger partial charge in [-0.2, -0.15) is 0 Å². The SMILES string of the molecule is CCOC(=O)CN1CCCN2CCN(CCCN(CC(=O)OCC)CC2)CC1. The molecular weight excluding hydrogens is 360 g/mol. The van der Waals surface area contributed by atoms with Gasteiger partial charge in [-0.1, -0.05) is 0 Å². The Morgan fingerprint density at radius 1 is 0.607 bits per heavy atom. The van der Waals surface area contributed by atoms with Gasteiger partial charge in [0.05, 0.1) is 26.3 Å². The van der Waals surface area contributed by atoms with E-state index in [-0.39, 0.29) is 11.9 Å². The number of nitrogens with zero attached hydrogens (tertiary/aromatic N) is 4. The van der Waals surface area contributed by atoms with Gasteiger partial charge in [0.15, 0.2) is 0 Å². The number of hydrogen-bond donors (Lipinski definition) is 0. The smallest absolute Gasteiger partial charge is 0.320 e. The van der Waals surface area contributed by atoms with Gasteiger partial charge in [0, 0.05) is 52.4 Å². The zero-order chi connectivity index (χ0) is 20.2. The molecule has 0 spiro atoms. The Hall–Kier alpha value is -1.22. The van der Waals surface area contributed by atoms with Gasteiger partial charge in [0.2, 0.25) is 0 Å². The van der Waals surface area contributed by atoms with Crippen LogP contribution in [-0.4, -0.2) is 123 Å². The normalized spacial score (nSPS) is 25.8. The Morgan fingerprint density at radius 2 is 1.00 bits per heavy atom. The summed E-state index contributed by atoms with van der Waals surface area (Å²) >= 11 is 0. The molecule has 2 aliphatic rings. The number of hydrogen-bond acceptors (Lipinski definition) is 8. The van der Waals surface area contributed by atoms with E-state index in [4.69, 9.17) is 9.47 Å². The predicted octanol–water partition coefficient (Wildman–Crippen LogP) is 0.128. The minimum Gasteiger partial charge on any atom is -0.465 e. The van der Waals surface area contributed by atoms with Crippen molar-refractivity contribution >= 4 is 11.9 Å². The summed E-state index contributed by atoms with van der Waals surface area (Å²) in [5.41, 5.74) is 0. The van der Waals surface area contributed by atoms with E-state index in [9.17, 15) is 9.59 Å². The lowest BCUT2D eigenvalue weighted by Crippen LogP contribution is -2.48. The lowest BCUT2D eigenvalue weighted by Gasteiger charge is -2.35. The Morgan fingerprint density at radius 3 is 1.39 bits per heavy atom. The zero-order valence-electron chi connectivity index (χ0n) is 17.7. The molecule has 0 aromatic carbocycles. The average molecular weight is 399 g/mol. The lowest BCUT2D eigenvalue weighted by molar-refractivity contribution is -0.145. The van der Waals surface area contributed by atoms with Crippen LogP contribution < -0.4 is 0 Å². The molecule has 2 heterocycles. The predicted molar refractivity (Wildman–Crippen MR) is 108 cm³/mol. The molecule has 2 fully saturated rings. The number of rotatable bonds is 6.